The van der Waals surface area contributed by atoms with E-state index in [1.165, 1.54) is 58.2 Å². The molecule has 2 heterocycles. The molecule has 1 aliphatic carbocycles. The first kappa shape index (κ1) is 13.8. The standard InChI is InChI=1S/C16H31N3/c1-3-14-6-8-18(9-7-14)16(11-17)10-13(2)19(12-16)15-4-5-15/h13-15H,3-12,17H2,1-2H3. The minimum absolute atomic E-state index is 0.292. The number of nitrogens with zero attached hydrogens (tertiary/aromatic N) is 2. The molecule has 0 aromatic carbocycles. The number of hydrogen-bond donors (Lipinski definition) is 1. The largest absolute Gasteiger partial charge is 0.329 e. The molecule has 0 bridgehead atoms. The fourth-order valence-electron chi connectivity index (χ4n) is 4.44. The van der Waals surface area contributed by atoms with Gasteiger partial charge in [0.05, 0.1) is 0 Å². The van der Waals surface area contributed by atoms with Crippen LogP contribution < -0.4 is 5.73 Å². The Hall–Kier alpha value is -0.120. The molecule has 0 amide bonds. The summed E-state index contributed by atoms with van der Waals surface area (Å²) in [6.45, 7) is 9.38. The predicted octanol–water partition coefficient (Wildman–Crippen LogP) is 2.06. The van der Waals surface area contributed by atoms with Gasteiger partial charge in [0.25, 0.3) is 0 Å². The molecule has 110 valence electrons. The van der Waals surface area contributed by atoms with E-state index in [4.69, 9.17) is 5.73 Å². The number of piperidine rings is 1. The van der Waals surface area contributed by atoms with Gasteiger partial charge in [-0.2, -0.15) is 0 Å². The van der Waals surface area contributed by atoms with E-state index in [0.29, 0.717) is 5.54 Å². The molecule has 3 fully saturated rings. The summed E-state index contributed by atoms with van der Waals surface area (Å²) in [6, 6.07) is 1.62. The first-order valence-electron chi connectivity index (χ1n) is 8.39. The molecule has 2 unspecified atom stereocenters. The third-order valence-electron chi connectivity index (χ3n) is 5.98. The van der Waals surface area contributed by atoms with E-state index < -0.39 is 0 Å². The maximum Gasteiger partial charge on any atom is 0.0473 e. The van der Waals surface area contributed by atoms with Gasteiger partial charge in [-0.15, -0.1) is 0 Å². The highest BCUT2D eigenvalue weighted by atomic mass is 15.3. The number of rotatable bonds is 4. The van der Waals surface area contributed by atoms with Crippen molar-refractivity contribution < 1.29 is 0 Å². The maximum atomic E-state index is 6.24. The lowest BCUT2D eigenvalue weighted by molar-refractivity contribution is 0.0584. The molecule has 3 rings (SSSR count). The van der Waals surface area contributed by atoms with Crippen molar-refractivity contribution in [3.8, 4) is 0 Å². The van der Waals surface area contributed by atoms with E-state index in [9.17, 15) is 0 Å². The zero-order valence-corrected chi connectivity index (χ0v) is 12.8. The summed E-state index contributed by atoms with van der Waals surface area (Å²) in [6.07, 6.45) is 8.25. The van der Waals surface area contributed by atoms with E-state index in [2.05, 4.69) is 23.6 Å². The van der Waals surface area contributed by atoms with Crippen LogP contribution >= 0.6 is 0 Å². The monoisotopic (exact) mass is 265 g/mol. The Labute approximate surface area is 118 Å². The molecule has 0 aromatic rings. The Kier molecular flexibility index (Phi) is 3.89. The van der Waals surface area contributed by atoms with Gasteiger partial charge in [0, 0.05) is 30.7 Å². The number of nitrogens with two attached hydrogens (primary N) is 1. The smallest absolute Gasteiger partial charge is 0.0473 e. The van der Waals surface area contributed by atoms with Crippen LogP contribution in [0.25, 0.3) is 0 Å². The molecule has 1 saturated carbocycles. The van der Waals surface area contributed by atoms with E-state index in [1.807, 2.05) is 0 Å². The van der Waals surface area contributed by atoms with E-state index in [1.54, 1.807) is 0 Å². The molecule has 2 saturated heterocycles. The van der Waals surface area contributed by atoms with Gasteiger partial charge in [-0.3, -0.25) is 9.80 Å². The second-order valence-electron chi connectivity index (χ2n) is 7.22. The fourth-order valence-corrected chi connectivity index (χ4v) is 4.44. The Morgan fingerprint density at radius 3 is 2.37 bits per heavy atom. The lowest BCUT2D eigenvalue weighted by atomic mass is 9.87. The molecule has 0 spiro atoms. The molecule has 0 aromatic heterocycles. The van der Waals surface area contributed by atoms with Crippen LogP contribution in [0.2, 0.25) is 0 Å². The van der Waals surface area contributed by atoms with Crippen molar-refractivity contribution in [2.45, 2.75) is 70.0 Å². The second-order valence-corrected chi connectivity index (χ2v) is 7.22. The Bertz CT molecular complexity index is 307. The minimum Gasteiger partial charge on any atom is -0.329 e. The summed E-state index contributed by atoms with van der Waals surface area (Å²) in [5, 5.41) is 0. The topological polar surface area (TPSA) is 32.5 Å². The van der Waals surface area contributed by atoms with Gasteiger partial charge < -0.3 is 5.73 Å². The highest BCUT2D eigenvalue weighted by molar-refractivity contribution is 5.07. The number of hydrogen-bond acceptors (Lipinski definition) is 3. The van der Waals surface area contributed by atoms with Gasteiger partial charge in [0.1, 0.15) is 0 Å². The summed E-state index contributed by atoms with van der Waals surface area (Å²) in [7, 11) is 0. The van der Waals surface area contributed by atoms with E-state index in [0.717, 1.165) is 24.5 Å². The van der Waals surface area contributed by atoms with Crippen LogP contribution in [0.1, 0.15) is 52.4 Å². The Balaban J connectivity index is 1.66. The third kappa shape index (κ3) is 2.57. The first-order valence-corrected chi connectivity index (χ1v) is 8.39. The van der Waals surface area contributed by atoms with E-state index in [-0.39, 0.29) is 0 Å². The highest BCUT2D eigenvalue weighted by Gasteiger charge is 2.49. The van der Waals surface area contributed by atoms with Gasteiger partial charge in [-0.05, 0) is 58.0 Å². The van der Waals surface area contributed by atoms with Crippen molar-refractivity contribution in [1.29, 1.82) is 0 Å². The van der Waals surface area contributed by atoms with Crippen LogP contribution in [0.4, 0.5) is 0 Å². The van der Waals surface area contributed by atoms with Crippen molar-refractivity contribution >= 4 is 0 Å². The van der Waals surface area contributed by atoms with E-state index >= 15 is 0 Å². The normalized spacial score (nSPS) is 39.0. The van der Waals surface area contributed by atoms with Crippen LogP contribution in [-0.2, 0) is 0 Å². The molecule has 2 atom stereocenters. The summed E-state index contributed by atoms with van der Waals surface area (Å²) in [5.74, 6) is 0.962. The average molecular weight is 265 g/mol. The molecular formula is C16H31N3. The van der Waals surface area contributed by atoms with Crippen molar-refractivity contribution in [2.75, 3.05) is 26.2 Å². The van der Waals surface area contributed by atoms with Crippen LogP contribution in [0.5, 0.6) is 0 Å². The van der Waals surface area contributed by atoms with Crippen molar-refractivity contribution in [1.82, 2.24) is 9.80 Å². The lowest BCUT2D eigenvalue weighted by Gasteiger charge is -2.44. The lowest BCUT2D eigenvalue weighted by Crippen LogP contribution is -2.58. The minimum atomic E-state index is 0.292. The summed E-state index contributed by atoms with van der Waals surface area (Å²) in [5.41, 5.74) is 6.54. The van der Waals surface area contributed by atoms with Crippen LogP contribution in [0.3, 0.4) is 0 Å². The summed E-state index contributed by atoms with van der Waals surface area (Å²) in [4.78, 5) is 5.50. The molecule has 3 heteroatoms. The Morgan fingerprint density at radius 2 is 1.84 bits per heavy atom. The summed E-state index contributed by atoms with van der Waals surface area (Å²) >= 11 is 0. The number of likely N-dealkylation sites (tertiary alicyclic amines) is 2. The van der Waals surface area contributed by atoms with Crippen LogP contribution in [-0.4, -0.2) is 53.6 Å². The van der Waals surface area contributed by atoms with Crippen LogP contribution in [0.15, 0.2) is 0 Å². The van der Waals surface area contributed by atoms with Gasteiger partial charge in [-0.1, -0.05) is 13.3 Å². The predicted molar refractivity (Wildman–Crippen MR) is 80.2 cm³/mol. The van der Waals surface area contributed by atoms with Gasteiger partial charge in [0.2, 0.25) is 0 Å². The molecular weight excluding hydrogens is 234 g/mol. The molecule has 0 radical (unpaired) electrons. The first-order chi connectivity index (χ1) is 9.18. The van der Waals surface area contributed by atoms with Crippen molar-refractivity contribution in [3.05, 3.63) is 0 Å². The van der Waals surface area contributed by atoms with Crippen molar-refractivity contribution in [3.63, 3.8) is 0 Å². The Morgan fingerprint density at radius 1 is 1.16 bits per heavy atom. The zero-order valence-electron chi connectivity index (χ0n) is 12.8. The molecule has 3 aliphatic rings. The SMILES string of the molecule is CCC1CCN(C2(CN)CC(C)N(C3CC3)C2)CC1. The second kappa shape index (κ2) is 5.34. The van der Waals surface area contributed by atoms with Gasteiger partial charge >= 0.3 is 0 Å². The molecule has 2 N–H and O–H groups in total. The highest BCUT2D eigenvalue weighted by Crippen LogP contribution is 2.40. The molecule has 3 nitrogen and oxygen atoms in total. The van der Waals surface area contributed by atoms with Crippen molar-refractivity contribution in [2.24, 2.45) is 11.7 Å². The van der Waals surface area contributed by atoms with Gasteiger partial charge in [-0.25, -0.2) is 0 Å². The average Bonchev–Trinajstić information content (AvgIpc) is 3.23. The molecule has 19 heavy (non-hydrogen) atoms. The maximum absolute atomic E-state index is 6.24. The fraction of sp³-hybridized carbons (Fsp3) is 1.00. The summed E-state index contributed by atoms with van der Waals surface area (Å²) < 4.78 is 0. The quantitative estimate of drug-likeness (QED) is 0.844. The molecule has 2 aliphatic heterocycles. The third-order valence-corrected chi connectivity index (χ3v) is 5.98. The van der Waals surface area contributed by atoms with Gasteiger partial charge in [0.15, 0.2) is 0 Å². The van der Waals surface area contributed by atoms with Crippen LogP contribution in [0, 0.1) is 5.92 Å². The zero-order chi connectivity index (χ0) is 13.5.